The number of hydrogen-bond donors (Lipinski definition) is 2. The van der Waals surface area contributed by atoms with Gasteiger partial charge in [-0.15, -0.1) is 0 Å². The van der Waals surface area contributed by atoms with Gasteiger partial charge in [-0.05, 0) is 43.0 Å². The molecule has 0 aliphatic heterocycles. The van der Waals surface area contributed by atoms with Gasteiger partial charge in [0.15, 0.2) is 0 Å². The van der Waals surface area contributed by atoms with Crippen molar-refractivity contribution in [1.82, 2.24) is 10.3 Å². The highest BCUT2D eigenvalue weighted by atomic mass is 16.1. The second-order valence-corrected chi connectivity index (χ2v) is 5.54. The first kappa shape index (κ1) is 12.3. The van der Waals surface area contributed by atoms with E-state index in [4.69, 9.17) is 0 Å². The zero-order chi connectivity index (χ0) is 13.2. The van der Waals surface area contributed by atoms with Crippen LogP contribution in [-0.4, -0.2) is 16.9 Å². The summed E-state index contributed by atoms with van der Waals surface area (Å²) in [6, 6.07) is 8.12. The summed E-state index contributed by atoms with van der Waals surface area (Å²) >= 11 is 0. The van der Waals surface area contributed by atoms with E-state index in [2.05, 4.69) is 17.2 Å². The number of carbonyl (C=O) groups is 1. The fourth-order valence-corrected chi connectivity index (χ4v) is 2.55. The number of benzene rings is 1. The van der Waals surface area contributed by atoms with Crippen molar-refractivity contribution in [3.8, 4) is 0 Å². The molecule has 1 aromatic carbocycles. The third-order valence-electron chi connectivity index (χ3n) is 3.96. The Kier molecular flexibility index (Phi) is 3.28. The van der Waals surface area contributed by atoms with Crippen molar-refractivity contribution in [3.05, 3.63) is 36.0 Å². The molecule has 1 saturated carbocycles. The smallest absolute Gasteiger partial charge is 0.251 e. The van der Waals surface area contributed by atoms with Crippen molar-refractivity contribution >= 4 is 16.8 Å². The van der Waals surface area contributed by atoms with Crippen LogP contribution < -0.4 is 5.32 Å². The van der Waals surface area contributed by atoms with E-state index in [0.29, 0.717) is 6.04 Å². The van der Waals surface area contributed by atoms with Crippen molar-refractivity contribution in [2.45, 2.75) is 38.6 Å². The van der Waals surface area contributed by atoms with E-state index >= 15 is 0 Å². The number of H-pyrrole nitrogens is 1. The quantitative estimate of drug-likeness (QED) is 0.845. The van der Waals surface area contributed by atoms with E-state index in [1.165, 1.54) is 12.8 Å². The highest BCUT2D eigenvalue weighted by molar-refractivity contribution is 5.98. The van der Waals surface area contributed by atoms with Gasteiger partial charge in [-0.3, -0.25) is 4.79 Å². The maximum atomic E-state index is 12.3. The summed E-state index contributed by atoms with van der Waals surface area (Å²) in [7, 11) is 0. The van der Waals surface area contributed by atoms with Crippen molar-refractivity contribution in [1.29, 1.82) is 0 Å². The van der Waals surface area contributed by atoms with Crippen LogP contribution in [0.4, 0.5) is 0 Å². The lowest BCUT2D eigenvalue weighted by Crippen LogP contribution is -2.34. The lowest BCUT2D eigenvalue weighted by atomic mass is 10.1. The normalized spacial score (nSPS) is 16.5. The molecule has 1 atom stereocenters. The number of amides is 1. The molecule has 1 aliphatic rings. The summed E-state index contributed by atoms with van der Waals surface area (Å²) in [5, 5.41) is 4.25. The fraction of sp³-hybridized carbons (Fsp3) is 0.438. The first-order valence-electron chi connectivity index (χ1n) is 7.14. The summed E-state index contributed by atoms with van der Waals surface area (Å²) in [5.74, 6) is 0.896. The topological polar surface area (TPSA) is 44.9 Å². The summed E-state index contributed by atoms with van der Waals surface area (Å²) in [5.41, 5.74) is 1.82. The summed E-state index contributed by atoms with van der Waals surface area (Å²) < 4.78 is 0. The zero-order valence-electron chi connectivity index (χ0n) is 11.3. The van der Waals surface area contributed by atoms with Crippen LogP contribution in [0.25, 0.3) is 10.9 Å². The highest BCUT2D eigenvalue weighted by Gasteiger charge is 2.25. The Morgan fingerprint density at radius 3 is 3.00 bits per heavy atom. The molecular formula is C16H20N2O. The minimum atomic E-state index is 0.0515. The summed E-state index contributed by atoms with van der Waals surface area (Å²) in [6.45, 7) is 2.14. The molecule has 0 spiro atoms. The van der Waals surface area contributed by atoms with Crippen molar-refractivity contribution in [2.24, 2.45) is 5.92 Å². The third kappa shape index (κ3) is 2.80. The van der Waals surface area contributed by atoms with Gasteiger partial charge in [0.25, 0.3) is 5.91 Å². The summed E-state index contributed by atoms with van der Waals surface area (Å²) in [6.07, 6.45) is 6.71. The Hall–Kier alpha value is -1.77. The van der Waals surface area contributed by atoms with Crippen LogP contribution in [0.1, 0.15) is 43.0 Å². The molecule has 3 nitrogen and oxygen atoms in total. The van der Waals surface area contributed by atoms with Crippen LogP contribution in [0.5, 0.6) is 0 Å². The van der Waals surface area contributed by atoms with Crippen molar-refractivity contribution in [3.63, 3.8) is 0 Å². The Morgan fingerprint density at radius 1 is 1.42 bits per heavy atom. The molecule has 19 heavy (non-hydrogen) atoms. The number of nitrogens with one attached hydrogen (secondary N) is 2. The molecule has 1 heterocycles. The van der Waals surface area contributed by atoms with Crippen molar-refractivity contribution < 1.29 is 4.79 Å². The molecule has 0 saturated heterocycles. The monoisotopic (exact) mass is 256 g/mol. The molecule has 2 aromatic rings. The van der Waals surface area contributed by atoms with Gasteiger partial charge in [0, 0.05) is 28.7 Å². The first-order chi connectivity index (χ1) is 9.26. The van der Waals surface area contributed by atoms with Gasteiger partial charge in [-0.2, -0.15) is 0 Å². The number of fused-ring (bicyclic) bond motifs is 1. The molecule has 2 N–H and O–H groups in total. The van der Waals surface area contributed by atoms with Crippen LogP contribution in [0.2, 0.25) is 0 Å². The number of rotatable bonds is 5. The average molecular weight is 256 g/mol. The lowest BCUT2D eigenvalue weighted by Gasteiger charge is -2.16. The van der Waals surface area contributed by atoms with E-state index in [9.17, 15) is 4.79 Å². The molecule has 0 bridgehead atoms. The molecule has 3 rings (SSSR count). The standard InChI is InChI=1S/C16H20N2O/c1-2-14(9-11-3-4-11)18-16(19)13-5-6-15-12(10-13)7-8-17-15/h5-8,10-11,14,17H,2-4,9H2,1H3,(H,18,19). The van der Waals surface area contributed by atoms with E-state index in [-0.39, 0.29) is 5.91 Å². The molecule has 1 aromatic heterocycles. The number of aromatic amines is 1. The second kappa shape index (κ2) is 5.08. The van der Waals surface area contributed by atoms with Crippen LogP contribution in [-0.2, 0) is 0 Å². The molecule has 3 heteroatoms. The molecule has 1 amide bonds. The van der Waals surface area contributed by atoms with E-state index in [1.54, 1.807) is 0 Å². The Morgan fingerprint density at radius 2 is 2.26 bits per heavy atom. The van der Waals surface area contributed by atoms with Crippen LogP contribution >= 0.6 is 0 Å². The van der Waals surface area contributed by atoms with E-state index in [0.717, 1.165) is 35.2 Å². The van der Waals surface area contributed by atoms with Gasteiger partial charge >= 0.3 is 0 Å². The van der Waals surface area contributed by atoms with Gasteiger partial charge in [-0.25, -0.2) is 0 Å². The minimum absolute atomic E-state index is 0.0515. The van der Waals surface area contributed by atoms with Crippen LogP contribution in [0.15, 0.2) is 30.5 Å². The number of aromatic nitrogens is 1. The molecule has 1 fully saturated rings. The number of carbonyl (C=O) groups excluding carboxylic acids is 1. The third-order valence-corrected chi connectivity index (χ3v) is 3.96. The average Bonchev–Trinajstić information content (AvgIpc) is 3.11. The highest BCUT2D eigenvalue weighted by Crippen LogP contribution is 2.34. The maximum Gasteiger partial charge on any atom is 0.251 e. The predicted octanol–water partition coefficient (Wildman–Crippen LogP) is 3.48. The van der Waals surface area contributed by atoms with E-state index in [1.807, 2.05) is 30.5 Å². The predicted molar refractivity (Wildman–Crippen MR) is 77.2 cm³/mol. The van der Waals surface area contributed by atoms with Crippen LogP contribution in [0.3, 0.4) is 0 Å². The number of hydrogen-bond acceptors (Lipinski definition) is 1. The largest absolute Gasteiger partial charge is 0.361 e. The lowest BCUT2D eigenvalue weighted by molar-refractivity contribution is 0.0933. The fourth-order valence-electron chi connectivity index (χ4n) is 2.55. The Balaban J connectivity index is 1.70. The maximum absolute atomic E-state index is 12.3. The second-order valence-electron chi connectivity index (χ2n) is 5.54. The SMILES string of the molecule is CCC(CC1CC1)NC(=O)c1ccc2[nH]ccc2c1. The molecule has 100 valence electrons. The van der Waals surface area contributed by atoms with Gasteiger partial charge in [0.2, 0.25) is 0 Å². The Bertz CT molecular complexity index is 583. The van der Waals surface area contributed by atoms with Crippen molar-refractivity contribution in [2.75, 3.05) is 0 Å². The van der Waals surface area contributed by atoms with Gasteiger partial charge in [-0.1, -0.05) is 19.8 Å². The molecule has 1 aliphatic carbocycles. The molecule has 1 unspecified atom stereocenters. The van der Waals surface area contributed by atoms with Gasteiger partial charge < -0.3 is 10.3 Å². The molecular weight excluding hydrogens is 236 g/mol. The summed E-state index contributed by atoms with van der Waals surface area (Å²) in [4.78, 5) is 15.4. The first-order valence-corrected chi connectivity index (χ1v) is 7.14. The van der Waals surface area contributed by atoms with Gasteiger partial charge in [0.1, 0.15) is 0 Å². The molecule has 0 radical (unpaired) electrons. The Labute approximate surface area is 113 Å². The zero-order valence-corrected chi connectivity index (χ0v) is 11.3. The van der Waals surface area contributed by atoms with Crippen LogP contribution in [0, 0.1) is 5.92 Å². The minimum Gasteiger partial charge on any atom is -0.361 e. The van der Waals surface area contributed by atoms with E-state index < -0.39 is 0 Å². The van der Waals surface area contributed by atoms with Gasteiger partial charge in [0.05, 0.1) is 0 Å².